The van der Waals surface area contributed by atoms with Crippen LogP contribution in [0.5, 0.6) is 0 Å². The number of rotatable bonds is 5. The van der Waals surface area contributed by atoms with Crippen LogP contribution in [0.15, 0.2) is 22.7 Å². The number of halogens is 2. The summed E-state index contributed by atoms with van der Waals surface area (Å²) in [6, 6.07) is 4.73. The van der Waals surface area contributed by atoms with Crippen LogP contribution in [0.25, 0.3) is 0 Å². The summed E-state index contributed by atoms with van der Waals surface area (Å²) in [5, 5.41) is 0. The topological polar surface area (TPSA) is 38.5 Å². The summed E-state index contributed by atoms with van der Waals surface area (Å²) >= 11 is 3.49. The molecule has 5 heteroatoms. The number of hydrogen-bond donors (Lipinski definition) is 1. The van der Waals surface area contributed by atoms with Gasteiger partial charge in [-0.3, -0.25) is 4.90 Å². The molecule has 2 rings (SSSR count). The van der Waals surface area contributed by atoms with E-state index in [0.717, 1.165) is 36.0 Å². The van der Waals surface area contributed by atoms with E-state index in [1.807, 2.05) is 7.05 Å². The second-order valence-corrected chi connectivity index (χ2v) is 6.20. The fourth-order valence-electron chi connectivity index (χ4n) is 2.71. The van der Waals surface area contributed by atoms with E-state index in [1.54, 1.807) is 12.1 Å². The maximum atomic E-state index is 13.5. The lowest BCUT2D eigenvalue weighted by Gasteiger charge is -2.33. The van der Waals surface area contributed by atoms with Crippen molar-refractivity contribution < 1.29 is 9.13 Å². The molecule has 20 heavy (non-hydrogen) atoms. The van der Waals surface area contributed by atoms with Gasteiger partial charge >= 0.3 is 0 Å². The summed E-state index contributed by atoms with van der Waals surface area (Å²) in [6.45, 7) is 2.12. The Morgan fingerprint density at radius 1 is 1.50 bits per heavy atom. The summed E-state index contributed by atoms with van der Waals surface area (Å²) in [5.74, 6) is -0.232. The molecule has 1 aromatic carbocycles. The van der Waals surface area contributed by atoms with Crippen molar-refractivity contribution in [3.63, 3.8) is 0 Å². The van der Waals surface area contributed by atoms with E-state index in [9.17, 15) is 4.39 Å². The van der Waals surface area contributed by atoms with Crippen LogP contribution in [0, 0.1) is 5.82 Å². The third-order valence-electron chi connectivity index (χ3n) is 3.84. The molecule has 0 aliphatic carbocycles. The molecule has 1 heterocycles. The highest BCUT2D eigenvalue weighted by Crippen LogP contribution is 2.28. The highest BCUT2D eigenvalue weighted by molar-refractivity contribution is 9.10. The zero-order chi connectivity index (χ0) is 14.5. The number of nitrogens with zero attached hydrogens (tertiary/aromatic N) is 1. The SMILES string of the molecule is CN(CC1CCCCO1)C(CN)c1cc(F)ccc1Br. The van der Waals surface area contributed by atoms with Gasteiger partial charge in [0.1, 0.15) is 5.82 Å². The molecule has 0 bridgehead atoms. The van der Waals surface area contributed by atoms with E-state index >= 15 is 0 Å². The molecular weight excluding hydrogens is 323 g/mol. The highest BCUT2D eigenvalue weighted by atomic mass is 79.9. The van der Waals surface area contributed by atoms with Gasteiger partial charge in [-0.05, 0) is 50.1 Å². The molecule has 1 saturated heterocycles. The van der Waals surface area contributed by atoms with Gasteiger partial charge in [-0.15, -0.1) is 0 Å². The van der Waals surface area contributed by atoms with Crippen LogP contribution < -0.4 is 5.73 Å². The van der Waals surface area contributed by atoms with E-state index in [0.29, 0.717) is 6.54 Å². The molecule has 1 aliphatic rings. The van der Waals surface area contributed by atoms with Crippen molar-refractivity contribution in [2.75, 3.05) is 26.7 Å². The fourth-order valence-corrected chi connectivity index (χ4v) is 3.23. The smallest absolute Gasteiger partial charge is 0.123 e. The van der Waals surface area contributed by atoms with Gasteiger partial charge < -0.3 is 10.5 Å². The van der Waals surface area contributed by atoms with Gasteiger partial charge in [0.15, 0.2) is 0 Å². The minimum atomic E-state index is -0.232. The zero-order valence-electron chi connectivity index (χ0n) is 11.8. The van der Waals surface area contributed by atoms with E-state index in [2.05, 4.69) is 20.8 Å². The Labute approximate surface area is 128 Å². The van der Waals surface area contributed by atoms with Crippen LogP contribution >= 0.6 is 15.9 Å². The molecule has 0 radical (unpaired) electrons. The second-order valence-electron chi connectivity index (χ2n) is 5.35. The predicted octanol–water partition coefficient (Wildman–Crippen LogP) is 3.09. The summed E-state index contributed by atoms with van der Waals surface area (Å²) in [7, 11) is 2.02. The summed E-state index contributed by atoms with van der Waals surface area (Å²) in [5.41, 5.74) is 6.80. The van der Waals surface area contributed by atoms with Crippen molar-refractivity contribution in [1.29, 1.82) is 0 Å². The normalized spacial score (nSPS) is 21.1. The monoisotopic (exact) mass is 344 g/mol. The quantitative estimate of drug-likeness (QED) is 0.891. The Morgan fingerprint density at radius 3 is 2.95 bits per heavy atom. The molecule has 1 fully saturated rings. The summed E-state index contributed by atoms with van der Waals surface area (Å²) < 4.78 is 20.1. The molecule has 2 N–H and O–H groups in total. The van der Waals surface area contributed by atoms with Crippen LogP contribution in [0.3, 0.4) is 0 Å². The Balaban J connectivity index is 2.07. The fraction of sp³-hybridized carbons (Fsp3) is 0.600. The predicted molar refractivity (Wildman–Crippen MR) is 82.1 cm³/mol. The Morgan fingerprint density at radius 2 is 2.30 bits per heavy atom. The van der Waals surface area contributed by atoms with Crippen LogP contribution in [-0.4, -0.2) is 37.7 Å². The minimum Gasteiger partial charge on any atom is -0.377 e. The Hall–Kier alpha value is -0.490. The largest absolute Gasteiger partial charge is 0.377 e. The number of likely N-dealkylation sites (N-methyl/N-ethyl adjacent to an activating group) is 1. The molecule has 0 saturated carbocycles. The average Bonchev–Trinajstić information content (AvgIpc) is 2.44. The third kappa shape index (κ3) is 4.01. The van der Waals surface area contributed by atoms with Crippen molar-refractivity contribution in [3.8, 4) is 0 Å². The van der Waals surface area contributed by atoms with Gasteiger partial charge in [0.2, 0.25) is 0 Å². The molecule has 1 aromatic rings. The second kappa shape index (κ2) is 7.50. The maximum Gasteiger partial charge on any atom is 0.123 e. The Bertz CT molecular complexity index is 438. The summed E-state index contributed by atoms with van der Waals surface area (Å²) in [6.07, 6.45) is 3.72. The number of benzene rings is 1. The lowest BCUT2D eigenvalue weighted by molar-refractivity contribution is -0.00783. The van der Waals surface area contributed by atoms with Crippen LogP contribution in [0.2, 0.25) is 0 Å². The van der Waals surface area contributed by atoms with Crippen molar-refractivity contribution in [1.82, 2.24) is 4.90 Å². The van der Waals surface area contributed by atoms with Crippen molar-refractivity contribution in [2.24, 2.45) is 5.73 Å². The lowest BCUT2D eigenvalue weighted by Crippen LogP contribution is -2.38. The third-order valence-corrected chi connectivity index (χ3v) is 4.56. The van der Waals surface area contributed by atoms with Gasteiger partial charge in [-0.1, -0.05) is 15.9 Å². The molecule has 2 unspecified atom stereocenters. The Kier molecular flexibility index (Phi) is 5.96. The molecule has 1 aliphatic heterocycles. The number of hydrogen-bond acceptors (Lipinski definition) is 3. The van der Waals surface area contributed by atoms with Crippen LogP contribution in [0.1, 0.15) is 30.9 Å². The van der Waals surface area contributed by atoms with Crippen LogP contribution in [-0.2, 0) is 4.74 Å². The average molecular weight is 345 g/mol. The van der Waals surface area contributed by atoms with Crippen molar-refractivity contribution >= 4 is 15.9 Å². The van der Waals surface area contributed by atoms with E-state index in [4.69, 9.17) is 10.5 Å². The minimum absolute atomic E-state index is 0.00870. The first-order valence-electron chi connectivity index (χ1n) is 7.08. The van der Waals surface area contributed by atoms with Gasteiger partial charge in [0.05, 0.1) is 6.10 Å². The number of nitrogens with two attached hydrogens (primary N) is 1. The standard InChI is InChI=1S/C15H22BrFN2O/c1-19(10-12-4-2-3-7-20-12)15(9-18)13-8-11(17)5-6-14(13)16/h5-6,8,12,15H,2-4,7,9-10,18H2,1H3. The zero-order valence-corrected chi connectivity index (χ0v) is 13.4. The first-order valence-corrected chi connectivity index (χ1v) is 7.88. The van der Waals surface area contributed by atoms with Gasteiger partial charge in [-0.2, -0.15) is 0 Å². The van der Waals surface area contributed by atoms with Crippen LogP contribution in [0.4, 0.5) is 4.39 Å². The first kappa shape index (κ1) is 15.9. The number of ether oxygens (including phenoxy) is 1. The highest BCUT2D eigenvalue weighted by Gasteiger charge is 2.23. The molecule has 2 atom stereocenters. The van der Waals surface area contributed by atoms with Gasteiger partial charge in [0.25, 0.3) is 0 Å². The molecule has 0 amide bonds. The maximum absolute atomic E-state index is 13.5. The van der Waals surface area contributed by atoms with Crippen molar-refractivity contribution in [2.45, 2.75) is 31.4 Å². The molecule has 0 spiro atoms. The van der Waals surface area contributed by atoms with E-state index in [-0.39, 0.29) is 18.0 Å². The molecular formula is C15H22BrFN2O. The van der Waals surface area contributed by atoms with Crippen molar-refractivity contribution in [3.05, 3.63) is 34.1 Å². The first-order chi connectivity index (χ1) is 9.61. The van der Waals surface area contributed by atoms with E-state index < -0.39 is 0 Å². The van der Waals surface area contributed by atoms with Gasteiger partial charge in [-0.25, -0.2) is 4.39 Å². The molecule has 0 aromatic heterocycles. The van der Waals surface area contributed by atoms with Gasteiger partial charge in [0, 0.05) is 30.2 Å². The van der Waals surface area contributed by atoms with E-state index in [1.165, 1.54) is 12.5 Å². The molecule has 112 valence electrons. The summed E-state index contributed by atoms with van der Waals surface area (Å²) in [4.78, 5) is 2.16. The lowest BCUT2D eigenvalue weighted by atomic mass is 10.0. The molecule has 3 nitrogen and oxygen atoms in total.